The fourth-order valence-corrected chi connectivity index (χ4v) is 4.64. The molecule has 2 aliphatic heterocycles. The predicted octanol–water partition coefficient (Wildman–Crippen LogP) is 6.99. The molecule has 0 aromatic carbocycles. The number of ether oxygens (including phenoxy) is 1. The zero-order valence-electron chi connectivity index (χ0n) is 16.8. The van der Waals surface area contributed by atoms with Crippen LogP contribution in [-0.4, -0.2) is 18.0 Å². The molecule has 2 fully saturated rings. The van der Waals surface area contributed by atoms with Gasteiger partial charge in [0.2, 0.25) is 0 Å². The lowest BCUT2D eigenvalue weighted by Crippen LogP contribution is -2.29. The molecule has 2 bridgehead atoms. The molecule has 0 saturated carbocycles. The standard InChI is InChI=1S/C23H42O2/c1-2-3-4-5-6-7-8-9-10-11-12-13-14-15-23(24)20-18-21-16-17-22(19-20)25-21/h20-22H,2-19H2,1H3. The molecule has 2 saturated heterocycles. The molecule has 0 radical (unpaired) electrons. The SMILES string of the molecule is CCCCCCCCCCCCCCCC(=O)C1CC2CCC(C1)O2. The molecule has 2 aliphatic rings. The minimum absolute atomic E-state index is 0.323. The summed E-state index contributed by atoms with van der Waals surface area (Å²) >= 11 is 0. The molecule has 2 heteroatoms. The number of hydrogen-bond acceptors (Lipinski definition) is 2. The number of Topliss-reactive ketones (excluding diaryl/α,β-unsaturated/α-hetero) is 1. The van der Waals surface area contributed by atoms with Crippen LogP contribution in [0.3, 0.4) is 0 Å². The fraction of sp³-hybridized carbons (Fsp3) is 0.957. The molecule has 2 heterocycles. The Morgan fingerprint density at radius 1 is 0.720 bits per heavy atom. The predicted molar refractivity (Wildman–Crippen MR) is 106 cm³/mol. The Kier molecular flexibility index (Phi) is 10.8. The van der Waals surface area contributed by atoms with Crippen molar-refractivity contribution in [2.24, 2.45) is 5.92 Å². The lowest BCUT2D eigenvalue weighted by atomic mass is 9.89. The van der Waals surface area contributed by atoms with Gasteiger partial charge in [0.25, 0.3) is 0 Å². The average Bonchev–Trinajstić information content (AvgIpc) is 2.96. The van der Waals surface area contributed by atoms with Crippen molar-refractivity contribution in [1.82, 2.24) is 0 Å². The van der Waals surface area contributed by atoms with Gasteiger partial charge in [0.15, 0.2) is 0 Å². The first-order chi connectivity index (χ1) is 12.3. The van der Waals surface area contributed by atoms with Gasteiger partial charge in [0.1, 0.15) is 5.78 Å². The topological polar surface area (TPSA) is 26.3 Å². The summed E-state index contributed by atoms with van der Waals surface area (Å²) in [5, 5.41) is 0. The molecule has 2 nitrogen and oxygen atoms in total. The summed E-state index contributed by atoms with van der Waals surface area (Å²) in [4.78, 5) is 12.4. The first-order valence-electron chi connectivity index (χ1n) is 11.5. The Morgan fingerprint density at radius 3 is 1.64 bits per heavy atom. The van der Waals surface area contributed by atoms with E-state index in [9.17, 15) is 4.79 Å². The minimum atomic E-state index is 0.323. The van der Waals surface area contributed by atoms with Crippen molar-refractivity contribution in [1.29, 1.82) is 0 Å². The molecule has 2 atom stereocenters. The van der Waals surface area contributed by atoms with Crippen molar-refractivity contribution in [3.8, 4) is 0 Å². The van der Waals surface area contributed by atoms with Gasteiger partial charge >= 0.3 is 0 Å². The Balaban J connectivity index is 1.33. The highest BCUT2D eigenvalue weighted by Gasteiger charge is 2.37. The molecule has 0 aromatic rings. The molecule has 0 aliphatic carbocycles. The summed E-state index contributed by atoms with van der Waals surface area (Å²) in [6, 6.07) is 0. The summed E-state index contributed by atoms with van der Waals surface area (Å²) < 4.78 is 5.85. The summed E-state index contributed by atoms with van der Waals surface area (Å²) in [7, 11) is 0. The number of carbonyl (C=O) groups is 1. The van der Waals surface area contributed by atoms with E-state index in [0.717, 1.165) is 25.7 Å². The Hall–Kier alpha value is -0.370. The molecule has 146 valence electrons. The van der Waals surface area contributed by atoms with Crippen LogP contribution in [0.15, 0.2) is 0 Å². The number of hydrogen-bond donors (Lipinski definition) is 0. The zero-order chi connectivity index (χ0) is 17.7. The van der Waals surface area contributed by atoms with Crippen molar-refractivity contribution in [2.75, 3.05) is 0 Å². The van der Waals surface area contributed by atoms with E-state index in [0.29, 0.717) is 23.9 Å². The molecule has 0 aromatic heterocycles. The normalized spacial score (nSPS) is 25.4. The molecule has 25 heavy (non-hydrogen) atoms. The Morgan fingerprint density at radius 2 is 1.16 bits per heavy atom. The maximum absolute atomic E-state index is 12.4. The second kappa shape index (κ2) is 12.9. The highest BCUT2D eigenvalue weighted by molar-refractivity contribution is 5.81. The van der Waals surface area contributed by atoms with E-state index in [1.165, 1.54) is 89.9 Å². The van der Waals surface area contributed by atoms with Crippen LogP contribution in [0.2, 0.25) is 0 Å². The lowest BCUT2D eigenvalue weighted by molar-refractivity contribution is -0.128. The number of fused-ring (bicyclic) bond motifs is 2. The third-order valence-electron chi connectivity index (χ3n) is 6.27. The smallest absolute Gasteiger partial charge is 0.136 e. The number of rotatable bonds is 15. The monoisotopic (exact) mass is 350 g/mol. The maximum atomic E-state index is 12.4. The fourth-order valence-electron chi connectivity index (χ4n) is 4.64. The Labute approximate surface area is 156 Å². The summed E-state index contributed by atoms with van der Waals surface area (Å²) in [5.41, 5.74) is 0. The van der Waals surface area contributed by atoms with Gasteiger partial charge in [-0.3, -0.25) is 4.79 Å². The third-order valence-corrected chi connectivity index (χ3v) is 6.27. The summed E-state index contributed by atoms with van der Waals surface area (Å²) in [6.45, 7) is 2.28. The van der Waals surface area contributed by atoms with Crippen molar-refractivity contribution in [3.63, 3.8) is 0 Å². The van der Waals surface area contributed by atoms with Gasteiger partial charge in [-0.25, -0.2) is 0 Å². The van der Waals surface area contributed by atoms with Crippen molar-refractivity contribution in [2.45, 2.75) is 135 Å². The highest BCUT2D eigenvalue weighted by atomic mass is 16.5. The van der Waals surface area contributed by atoms with Crippen LogP contribution in [-0.2, 0) is 9.53 Å². The van der Waals surface area contributed by atoms with Crippen molar-refractivity contribution < 1.29 is 9.53 Å². The second-order valence-electron chi connectivity index (χ2n) is 8.58. The molecule has 0 amide bonds. The van der Waals surface area contributed by atoms with E-state index in [2.05, 4.69) is 6.92 Å². The van der Waals surface area contributed by atoms with E-state index in [-0.39, 0.29) is 0 Å². The van der Waals surface area contributed by atoms with Crippen LogP contribution in [0.4, 0.5) is 0 Å². The van der Waals surface area contributed by atoms with Crippen LogP contribution < -0.4 is 0 Å². The largest absolute Gasteiger partial charge is 0.375 e. The zero-order valence-corrected chi connectivity index (χ0v) is 16.8. The van der Waals surface area contributed by atoms with E-state index in [1.54, 1.807) is 0 Å². The van der Waals surface area contributed by atoms with Crippen LogP contribution in [0.5, 0.6) is 0 Å². The third kappa shape index (κ3) is 8.71. The first kappa shape index (κ1) is 20.9. The maximum Gasteiger partial charge on any atom is 0.136 e. The van der Waals surface area contributed by atoms with E-state index in [1.807, 2.05) is 0 Å². The van der Waals surface area contributed by atoms with Crippen LogP contribution in [0.1, 0.15) is 122 Å². The first-order valence-corrected chi connectivity index (χ1v) is 11.5. The number of ketones is 1. The van der Waals surface area contributed by atoms with Crippen molar-refractivity contribution >= 4 is 5.78 Å². The second-order valence-corrected chi connectivity index (χ2v) is 8.58. The quantitative estimate of drug-likeness (QED) is 0.297. The lowest BCUT2D eigenvalue weighted by Gasteiger charge is -2.27. The van der Waals surface area contributed by atoms with Gasteiger partial charge in [-0.15, -0.1) is 0 Å². The molecule has 2 unspecified atom stereocenters. The number of carbonyl (C=O) groups excluding carboxylic acids is 1. The van der Waals surface area contributed by atoms with Crippen LogP contribution in [0.25, 0.3) is 0 Å². The van der Waals surface area contributed by atoms with E-state index in [4.69, 9.17) is 4.74 Å². The molecule has 2 rings (SSSR count). The van der Waals surface area contributed by atoms with Gasteiger partial charge in [0, 0.05) is 12.3 Å². The van der Waals surface area contributed by atoms with Gasteiger partial charge in [-0.05, 0) is 32.1 Å². The Bertz CT molecular complexity index is 340. The summed E-state index contributed by atoms with van der Waals surface area (Å²) in [5.74, 6) is 0.854. The molecular weight excluding hydrogens is 308 g/mol. The molecule has 0 N–H and O–H groups in total. The summed E-state index contributed by atoms with van der Waals surface area (Å²) in [6.07, 6.45) is 23.8. The highest BCUT2D eigenvalue weighted by Crippen LogP contribution is 2.36. The average molecular weight is 351 g/mol. The van der Waals surface area contributed by atoms with E-state index >= 15 is 0 Å². The minimum Gasteiger partial charge on any atom is -0.375 e. The van der Waals surface area contributed by atoms with Gasteiger partial charge < -0.3 is 4.74 Å². The van der Waals surface area contributed by atoms with E-state index < -0.39 is 0 Å². The van der Waals surface area contributed by atoms with Gasteiger partial charge in [0.05, 0.1) is 12.2 Å². The van der Waals surface area contributed by atoms with Crippen LogP contribution in [0, 0.1) is 5.92 Å². The number of unbranched alkanes of at least 4 members (excludes halogenated alkanes) is 12. The molecular formula is C23H42O2. The van der Waals surface area contributed by atoms with Gasteiger partial charge in [-0.2, -0.15) is 0 Å². The van der Waals surface area contributed by atoms with Crippen LogP contribution >= 0.6 is 0 Å². The molecule has 0 spiro atoms. The van der Waals surface area contributed by atoms with Crippen molar-refractivity contribution in [3.05, 3.63) is 0 Å². The van der Waals surface area contributed by atoms with Gasteiger partial charge in [-0.1, -0.05) is 84.0 Å².